The first-order valence-corrected chi connectivity index (χ1v) is 8.16. The zero-order valence-corrected chi connectivity index (χ0v) is 15.2. The molecule has 1 aliphatic heterocycles. The van der Waals surface area contributed by atoms with E-state index in [1.807, 2.05) is 12.1 Å². The first-order chi connectivity index (χ1) is 11.7. The highest BCUT2D eigenvalue weighted by Gasteiger charge is 2.12. The SMILES string of the molecule is Cl.O=C(NC(=S)Nc1ccc(CN2CCOCC2)cc1)c1ccco1. The van der Waals surface area contributed by atoms with E-state index in [-0.39, 0.29) is 29.2 Å². The average molecular weight is 382 g/mol. The van der Waals surface area contributed by atoms with Gasteiger partial charge in [0.1, 0.15) is 0 Å². The van der Waals surface area contributed by atoms with Crippen LogP contribution in [0.25, 0.3) is 0 Å². The highest BCUT2D eigenvalue weighted by molar-refractivity contribution is 7.80. The van der Waals surface area contributed by atoms with Crippen LogP contribution < -0.4 is 10.6 Å². The minimum absolute atomic E-state index is 0. The summed E-state index contributed by atoms with van der Waals surface area (Å²) in [5.41, 5.74) is 2.05. The lowest BCUT2D eigenvalue weighted by Gasteiger charge is -2.26. The Labute approximate surface area is 157 Å². The third-order valence-electron chi connectivity index (χ3n) is 3.69. The van der Waals surface area contributed by atoms with Crippen LogP contribution in [0.15, 0.2) is 47.1 Å². The van der Waals surface area contributed by atoms with Gasteiger partial charge >= 0.3 is 0 Å². The number of carbonyl (C=O) groups is 1. The number of rotatable bonds is 4. The average Bonchev–Trinajstić information content (AvgIpc) is 3.12. The molecule has 3 rings (SSSR count). The molecule has 2 aromatic rings. The van der Waals surface area contributed by atoms with Gasteiger partial charge in [-0.2, -0.15) is 0 Å². The molecule has 1 fully saturated rings. The van der Waals surface area contributed by atoms with Crippen molar-refractivity contribution in [2.24, 2.45) is 0 Å². The second kappa shape index (κ2) is 9.53. The van der Waals surface area contributed by atoms with E-state index in [4.69, 9.17) is 21.4 Å². The van der Waals surface area contributed by atoms with Crippen molar-refractivity contribution < 1.29 is 13.9 Å². The van der Waals surface area contributed by atoms with Crippen LogP contribution in [0.3, 0.4) is 0 Å². The van der Waals surface area contributed by atoms with E-state index in [0.29, 0.717) is 0 Å². The van der Waals surface area contributed by atoms with Gasteiger partial charge in [0.2, 0.25) is 0 Å². The number of thiocarbonyl (C=S) groups is 1. The van der Waals surface area contributed by atoms with Crippen molar-refractivity contribution in [2.75, 3.05) is 31.6 Å². The molecule has 8 heteroatoms. The maximum Gasteiger partial charge on any atom is 0.293 e. The number of halogens is 1. The summed E-state index contributed by atoms with van der Waals surface area (Å²) in [6, 6.07) is 11.2. The number of amides is 1. The van der Waals surface area contributed by atoms with Crippen molar-refractivity contribution in [1.82, 2.24) is 10.2 Å². The van der Waals surface area contributed by atoms with E-state index in [0.717, 1.165) is 38.5 Å². The second-order valence-corrected chi connectivity index (χ2v) is 5.88. The molecule has 6 nitrogen and oxygen atoms in total. The predicted molar refractivity (Wildman–Crippen MR) is 102 cm³/mol. The Bertz CT molecular complexity index is 686. The predicted octanol–water partition coefficient (Wildman–Crippen LogP) is 2.66. The lowest BCUT2D eigenvalue weighted by atomic mass is 10.2. The van der Waals surface area contributed by atoms with Crippen LogP contribution in [0.5, 0.6) is 0 Å². The van der Waals surface area contributed by atoms with E-state index in [1.54, 1.807) is 12.1 Å². The quantitative estimate of drug-likeness (QED) is 0.794. The molecule has 0 unspecified atom stereocenters. The van der Waals surface area contributed by atoms with E-state index >= 15 is 0 Å². The molecule has 1 saturated heterocycles. The van der Waals surface area contributed by atoms with Crippen molar-refractivity contribution in [3.05, 3.63) is 54.0 Å². The maximum atomic E-state index is 11.8. The molecule has 0 aliphatic carbocycles. The second-order valence-electron chi connectivity index (χ2n) is 5.47. The molecule has 0 radical (unpaired) electrons. The molecule has 2 heterocycles. The van der Waals surface area contributed by atoms with Gasteiger partial charge in [0.25, 0.3) is 5.91 Å². The fraction of sp³-hybridized carbons (Fsp3) is 0.294. The number of nitrogens with one attached hydrogen (secondary N) is 2. The Morgan fingerprint density at radius 3 is 2.52 bits per heavy atom. The van der Waals surface area contributed by atoms with Crippen molar-refractivity contribution in [3.63, 3.8) is 0 Å². The number of anilines is 1. The van der Waals surface area contributed by atoms with Crippen LogP contribution in [0, 0.1) is 0 Å². The summed E-state index contributed by atoms with van der Waals surface area (Å²) in [5, 5.41) is 5.80. The van der Waals surface area contributed by atoms with Crippen LogP contribution in [-0.2, 0) is 11.3 Å². The number of ether oxygens (including phenoxy) is 1. The summed E-state index contributed by atoms with van der Waals surface area (Å²) < 4.78 is 10.4. The lowest BCUT2D eigenvalue weighted by Crippen LogP contribution is -2.35. The van der Waals surface area contributed by atoms with Gasteiger partial charge in [-0.25, -0.2) is 0 Å². The number of nitrogens with zero attached hydrogens (tertiary/aromatic N) is 1. The third-order valence-corrected chi connectivity index (χ3v) is 3.90. The molecule has 2 N–H and O–H groups in total. The Morgan fingerprint density at radius 2 is 1.88 bits per heavy atom. The Balaban J connectivity index is 0.00000225. The minimum atomic E-state index is -0.374. The van der Waals surface area contributed by atoms with Gasteiger partial charge in [0.15, 0.2) is 10.9 Å². The molecule has 134 valence electrons. The molecule has 1 aliphatic rings. The van der Waals surface area contributed by atoms with Crippen LogP contribution in [0.4, 0.5) is 5.69 Å². The fourth-order valence-electron chi connectivity index (χ4n) is 2.45. The number of carbonyl (C=O) groups excluding carboxylic acids is 1. The van der Waals surface area contributed by atoms with Crippen molar-refractivity contribution in [2.45, 2.75) is 6.54 Å². The van der Waals surface area contributed by atoms with Crippen LogP contribution in [0.1, 0.15) is 16.1 Å². The Kier molecular flexibility index (Phi) is 7.39. The van der Waals surface area contributed by atoms with Crippen molar-refractivity contribution in [3.8, 4) is 0 Å². The fourth-order valence-corrected chi connectivity index (χ4v) is 2.66. The zero-order chi connectivity index (χ0) is 16.8. The number of benzene rings is 1. The van der Waals surface area contributed by atoms with Gasteiger partial charge in [0.05, 0.1) is 19.5 Å². The normalized spacial score (nSPS) is 14.4. The van der Waals surface area contributed by atoms with Crippen LogP contribution >= 0.6 is 24.6 Å². The molecular weight excluding hydrogens is 362 g/mol. The van der Waals surface area contributed by atoms with Crippen molar-refractivity contribution in [1.29, 1.82) is 0 Å². The molecule has 0 bridgehead atoms. The van der Waals surface area contributed by atoms with E-state index < -0.39 is 0 Å². The standard InChI is InChI=1S/C17H19N3O3S.ClH/c21-16(15-2-1-9-23-15)19-17(24)18-14-5-3-13(4-6-14)12-20-7-10-22-11-8-20;/h1-6,9H,7-8,10-12H2,(H2,18,19,21,24);1H. The smallest absolute Gasteiger partial charge is 0.293 e. The summed E-state index contributed by atoms with van der Waals surface area (Å²) in [4.78, 5) is 14.2. The first kappa shape index (κ1) is 19.4. The summed E-state index contributed by atoms with van der Waals surface area (Å²) in [6.07, 6.45) is 1.44. The topological polar surface area (TPSA) is 66.7 Å². The monoisotopic (exact) mass is 381 g/mol. The Hall–Kier alpha value is -1.93. The number of morpholine rings is 1. The maximum absolute atomic E-state index is 11.8. The van der Waals surface area contributed by atoms with Gasteiger partial charge in [-0.05, 0) is 42.0 Å². The zero-order valence-electron chi connectivity index (χ0n) is 13.6. The minimum Gasteiger partial charge on any atom is -0.459 e. The molecule has 25 heavy (non-hydrogen) atoms. The summed E-state index contributed by atoms with van der Waals surface area (Å²) in [5.74, 6) is -0.151. The first-order valence-electron chi connectivity index (χ1n) is 7.75. The van der Waals surface area contributed by atoms with Gasteiger partial charge in [0, 0.05) is 25.3 Å². The number of hydrogen-bond donors (Lipinski definition) is 2. The van der Waals surface area contributed by atoms with Gasteiger partial charge < -0.3 is 14.5 Å². The molecular formula is C17H20ClN3O3S. The van der Waals surface area contributed by atoms with Crippen LogP contribution in [-0.4, -0.2) is 42.2 Å². The molecule has 1 aromatic heterocycles. The largest absolute Gasteiger partial charge is 0.459 e. The van der Waals surface area contributed by atoms with E-state index in [9.17, 15) is 4.79 Å². The Morgan fingerprint density at radius 1 is 1.16 bits per heavy atom. The third kappa shape index (κ3) is 5.82. The summed E-state index contributed by atoms with van der Waals surface area (Å²) >= 11 is 5.14. The van der Waals surface area contributed by atoms with Gasteiger partial charge in [-0.15, -0.1) is 12.4 Å². The molecule has 0 spiro atoms. The lowest BCUT2D eigenvalue weighted by molar-refractivity contribution is 0.0342. The van der Waals surface area contributed by atoms with Gasteiger partial charge in [-0.3, -0.25) is 15.0 Å². The van der Waals surface area contributed by atoms with Gasteiger partial charge in [-0.1, -0.05) is 12.1 Å². The van der Waals surface area contributed by atoms with Crippen molar-refractivity contribution >= 4 is 41.3 Å². The molecule has 0 atom stereocenters. The molecule has 1 amide bonds. The van der Waals surface area contributed by atoms with E-state index in [1.165, 1.54) is 11.8 Å². The number of hydrogen-bond acceptors (Lipinski definition) is 5. The highest BCUT2D eigenvalue weighted by Crippen LogP contribution is 2.12. The summed E-state index contributed by atoms with van der Waals surface area (Å²) in [6.45, 7) is 4.42. The molecule has 0 saturated carbocycles. The van der Waals surface area contributed by atoms with E-state index in [2.05, 4.69) is 27.7 Å². The van der Waals surface area contributed by atoms with Crippen LogP contribution in [0.2, 0.25) is 0 Å². The molecule has 1 aromatic carbocycles. The summed E-state index contributed by atoms with van der Waals surface area (Å²) in [7, 11) is 0. The number of furan rings is 1. The highest BCUT2D eigenvalue weighted by atomic mass is 35.5.